The average molecular weight is 850 g/mol. The Morgan fingerprint density at radius 2 is 1.76 bits per heavy atom. The van der Waals surface area contributed by atoms with Gasteiger partial charge < -0.3 is 25.0 Å². The Morgan fingerprint density at radius 1 is 1.02 bits per heavy atom. The average Bonchev–Trinajstić information content (AvgIpc) is 3.42. The van der Waals surface area contributed by atoms with Gasteiger partial charge in [0.05, 0.1) is 24.4 Å². The van der Waals surface area contributed by atoms with E-state index in [1.165, 1.54) is 23.1 Å². The van der Waals surface area contributed by atoms with Crippen LogP contribution in [-0.4, -0.2) is 84.0 Å². The fourth-order valence-corrected chi connectivity index (χ4v) is 8.82. The first-order valence-corrected chi connectivity index (χ1v) is 21.0. The molecule has 6 rings (SSSR count). The van der Waals surface area contributed by atoms with E-state index in [2.05, 4.69) is 10.6 Å². The molecule has 3 heterocycles. The molecule has 1 saturated heterocycles. The van der Waals surface area contributed by atoms with Crippen LogP contribution in [0, 0.1) is 11.7 Å². The number of rotatable bonds is 6. The summed E-state index contributed by atoms with van der Waals surface area (Å²) in [5.74, 6) is -4.82. The molecule has 4 aliphatic rings. The highest BCUT2D eigenvalue weighted by Crippen LogP contribution is 2.46. The van der Waals surface area contributed by atoms with Crippen LogP contribution in [0.15, 0.2) is 54.6 Å². The van der Waals surface area contributed by atoms with Gasteiger partial charge in [0.25, 0.3) is 5.91 Å². The van der Waals surface area contributed by atoms with Gasteiger partial charge in [0.1, 0.15) is 35.1 Å². The van der Waals surface area contributed by atoms with Gasteiger partial charge in [-0.05, 0) is 69.7 Å². The summed E-state index contributed by atoms with van der Waals surface area (Å²) < 4.78 is 94.0. The summed E-state index contributed by atoms with van der Waals surface area (Å²) in [7, 11) is -4.60. The number of halogens is 4. The summed E-state index contributed by atoms with van der Waals surface area (Å²) in [5, 5.41) is 5.28. The van der Waals surface area contributed by atoms with Crippen LogP contribution in [0.2, 0.25) is 0 Å². The predicted molar refractivity (Wildman–Crippen MR) is 203 cm³/mol. The van der Waals surface area contributed by atoms with Gasteiger partial charge in [0.2, 0.25) is 21.8 Å². The smallest absolute Gasteiger partial charge is 0.416 e. The number of alkyl carbamates (subject to hydrolysis) is 1. The molecule has 14 nitrogen and oxygen atoms in total. The Bertz CT molecular complexity index is 2130. The molecule has 3 aliphatic heterocycles. The largest absolute Gasteiger partial charge is 0.444 e. The van der Waals surface area contributed by atoms with E-state index in [1.807, 2.05) is 4.72 Å². The van der Waals surface area contributed by atoms with Gasteiger partial charge in [-0.1, -0.05) is 55.3 Å². The van der Waals surface area contributed by atoms with Crippen molar-refractivity contribution >= 4 is 39.9 Å². The van der Waals surface area contributed by atoms with Crippen molar-refractivity contribution in [3.05, 3.63) is 82.7 Å². The number of amides is 5. The topological polar surface area (TPSA) is 181 Å². The van der Waals surface area contributed by atoms with E-state index in [9.17, 15) is 50.0 Å². The Kier molecular flexibility index (Phi) is 12.4. The molecule has 0 spiro atoms. The summed E-state index contributed by atoms with van der Waals surface area (Å²) in [6.45, 7) is 4.66. The maximum atomic E-state index is 14.5. The molecule has 2 aromatic rings. The van der Waals surface area contributed by atoms with Gasteiger partial charge >= 0.3 is 18.4 Å². The van der Waals surface area contributed by atoms with Crippen molar-refractivity contribution in [1.82, 2.24) is 25.2 Å². The molecule has 0 aromatic heterocycles. The number of benzene rings is 2. The zero-order valence-electron chi connectivity index (χ0n) is 32.8. The van der Waals surface area contributed by atoms with E-state index < -0.39 is 98.5 Å². The molecule has 59 heavy (non-hydrogen) atoms. The van der Waals surface area contributed by atoms with Crippen LogP contribution < -0.4 is 15.4 Å². The Morgan fingerprint density at radius 3 is 2.47 bits per heavy atom. The number of carbonyl (C=O) groups excluding carboxylic acids is 5. The van der Waals surface area contributed by atoms with E-state index in [1.54, 1.807) is 39.0 Å². The second-order valence-corrected chi connectivity index (χ2v) is 18.1. The zero-order valence-corrected chi connectivity index (χ0v) is 33.6. The molecule has 5 atom stereocenters. The molecule has 5 amide bonds. The first kappa shape index (κ1) is 43.4. The van der Waals surface area contributed by atoms with Crippen molar-refractivity contribution in [1.29, 1.82) is 0 Å². The molecule has 1 saturated carbocycles. The fourth-order valence-electron chi connectivity index (χ4n) is 7.67. The number of hydrogen-bond acceptors (Lipinski definition) is 9. The van der Waals surface area contributed by atoms with E-state index in [0.29, 0.717) is 42.9 Å². The first-order chi connectivity index (χ1) is 27.6. The van der Waals surface area contributed by atoms with Crippen LogP contribution in [0.1, 0.15) is 88.0 Å². The standard InChI is InChI=1S/C40H47F4N5O9S/c1-38(2,3)58-36(53)45-31-16-8-6-4-5-7-13-27-19-39(27,35(52)47-59(55,56)23-24-11-9-14-26(17-24)40(42,43)44)46-33(50)32-18-28(21-49(32)34(31)51)57-37(54)48-20-25-12-10-15-30(41)29(25)22-48/h7,9-15,17,27-28,31-32H,4-6,8,16,18-23H2,1-3H3,(H,45,53)(H,46,50)(H,47,52)/b13-7-/t27-,28-,31+,32+,39-/m1/s1. The Hall–Kier alpha value is -5.20. The van der Waals surface area contributed by atoms with Crippen molar-refractivity contribution in [2.24, 2.45) is 5.92 Å². The van der Waals surface area contributed by atoms with Crippen LogP contribution in [0.25, 0.3) is 0 Å². The third-order valence-electron chi connectivity index (χ3n) is 10.6. The molecule has 0 radical (unpaired) electrons. The minimum Gasteiger partial charge on any atom is -0.444 e. The van der Waals surface area contributed by atoms with Crippen LogP contribution in [0.3, 0.4) is 0 Å². The second-order valence-electron chi connectivity index (χ2n) is 16.4. The highest BCUT2D eigenvalue weighted by Gasteiger charge is 2.61. The van der Waals surface area contributed by atoms with Crippen LogP contribution in [-0.2, 0) is 58.9 Å². The molecule has 320 valence electrons. The molecule has 0 bridgehead atoms. The number of allylic oxidation sites excluding steroid dienone is 1. The highest BCUT2D eigenvalue weighted by molar-refractivity contribution is 7.89. The van der Waals surface area contributed by atoms with Crippen molar-refractivity contribution in [3.63, 3.8) is 0 Å². The van der Waals surface area contributed by atoms with Crippen molar-refractivity contribution in [2.75, 3.05) is 6.54 Å². The first-order valence-electron chi connectivity index (χ1n) is 19.4. The number of alkyl halides is 3. The molecular weight excluding hydrogens is 803 g/mol. The number of hydrogen-bond donors (Lipinski definition) is 3. The van der Waals surface area contributed by atoms with E-state index in [0.717, 1.165) is 17.0 Å². The van der Waals surface area contributed by atoms with Gasteiger partial charge in [0.15, 0.2) is 0 Å². The summed E-state index contributed by atoms with van der Waals surface area (Å²) >= 11 is 0. The van der Waals surface area contributed by atoms with Crippen molar-refractivity contribution in [2.45, 2.75) is 120 Å². The molecule has 2 aromatic carbocycles. The Balaban J connectivity index is 1.25. The van der Waals surface area contributed by atoms with Gasteiger partial charge in [0, 0.05) is 24.4 Å². The van der Waals surface area contributed by atoms with Crippen LogP contribution >= 0.6 is 0 Å². The maximum Gasteiger partial charge on any atom is 0.416 e. The zero-order chi connectivity index (χ0) is 42.9. The normalized spacial score (nSPS) is 25.6. The highest BCUT2D eigenvalue weighted by atomic mass is 32.2. The second kappa shape index (κ2) is 16.8. The van der Waals surface area contributed by atoms with E-state index in [4.69, 9.17) is 9.47 Å². The van der Waals surface area contributed by atoms with Gasteiger partial charge in [-0.3, -0.25) is 24.0 Å². The lowest BCUT2D eigenvalue weighted by Crippen LogP contribution is -2.58. The molecule has 2 fully saturated rings. The van der Waals surface area contributed by atoms with Crippen molar-refractivity contribution in [3.8, 4) is 0 Å². The minimum atomic E-state index is -4.73. The minimum absolute atomic E-state index is 0.0336. The Labute approximate surface area is 339 Å². The van der Waals surface area contributed by atoms with Gasteiger partial charge in [-0.15, -0.1) is 0 Å². The SMILES string of the molecule is CC(C)(C)OC(=O)N[C@H]1CCCCC/C=C\[C@@H]2C[C@@]2(C(=O)NS(=O)(=O)Cc2cccc(C(F)(F)F)c2)NC(=O)[C@@H]2C[C@@H](OC(=O)N3Cc4cccc(F)c4C3)CN2C1=O. The number of nitrogens with one attached hydrogen (secondary N) is 3. The number of sulfonamides is 1. The van der Waals surface area contributed by atoms with Crippen molar-refractivity contribution < 1.29 is 59.4 Å². The predicted octanol–water partition coefficient (Wildman–Crippen LogP) is 5.20. The number of carbonyl (C=O) groups is 5. The summed E-state index contributed by atoms with van der Waals surface area (Å²) in [6.07, 6.45) is -1.79. The summed E-state index contributed by atoms with van der Waals surface area (Å²) in [6, 6.07) is 5.61. The summed E-state index contributed by atoms with van der Waals surface area (Å²) in [5.41, 5.74) is -3.09. The molecule has 19 heteroatoms. The van der Waals surface area contributed by atoms with Gasteiger partial charge in [-0.25, -0.2) is 22.4 Å². The third-order valence-corrected chi connectivity index (χ3v) is 11.9. The van der Waals surface area contributed by atoms with E-state index in [-0.39, 0.29) is 44.5 Å². The quantitative estimate of drug-likeness (QED) is 0.260. The lowest BCUT2D eigenvalue weighted by Gasteiger charge is -2.30. The summed E-state index contributed by atoms with van der Waals surface area (Å²) in [4.78, 5) is 71.4. The van der Waals surface area contributed by atoms with E-state index >= 15 is 0 Å². The van der Waals surface area contributed by atoms with Gasteiger partial charge in [-0.2, -0.15) is 13.2 Å². The molecule has 1 aliphatic carbocycles. The number of nitrogens with zero attached hydrogens (tertiary/aromatic N) is 2. The lowest BCUT2D eigenvalue weighted by molar-refractivity contribution is -0.141. The lowest BCUT2D eigenvalue weighted by atomic mass is 10.0. The number of fused-ring (bicyclic) bond motifs is 3. The molecule has 3 N–H and O–H groups in total. The number of ether oxygens (including phenoxy) is 2. The fraction of sp³-hybridized carbons (Fsp3) is 0.525. The third kappa shape index (κ3) is 10.5. The van der Waals surface area contributed by atoms with Crippen LogP contribution in [0.4, 0.5) is 27.2 Å². The maximum absolute atomic E-state index is 14.5. The molecule has 0 unspecified atom stereocenters. The monoisotopic (exact) mass is 849 g/mol. The molecular formula is C40H47F4N5O9S. The van der Waals surface area contributed by atoms with Crippen LogP contribution in [0.5, 0.6) is 0 Å².